The van der Waals surface area contributed by atoms with Gasteiger partial charge in [-0.15, -0.1) is 0 Å². The highest BCUT2D eigenvalue weighted by atomic mass is 15.3. The van der Waals surface area contributed by atoms with Gasteiger partial charge in [0.05, 0.1) is 0 Å². The first-order valence-electron chi connectivity index (χ1n) is 8.20. The number of fused-ring (bicyclic) bond motifs is 1. The van der Waals surface area contributed by atoms with Crippen molar-refractivity contribution in [3.8, 4) is 0 Å². The van der Waals surface area contributed by atoms with Gasteiger partial charge in [-0.1, -0.05) is 13.8 Å². The van der Waals surface area contributed by atoms with E-state index in [1.807, 2.05) is 0 Å². The van der Waals surface area contributed by atoms with Gasteiger partial charge in [0.15, 0.2) is 0 Å². The number of hydrogen-bond donors (Lipinski definition) is 1. The van der Waals surface area contributed by atoms with Crippen LogP contribution in [0.5, 0.6) is 0 Å². The van der Waals surface area contributed by atoms with Crippen LogP contribution < -0.4 is 5.73 Å². The number of nitrogens with zero attached hydrogens (tertiary/aromatic N) is 2. The van der Waals surface area contributed by atoms with Gasteiger partial charge in [0, 0.05) is 25.2 Å². The number of hydrogen-bond acceptors (Lipinski definition) is 3. The molecule has 0 aromatic carbocycles. The molecule has 0 amide bonds. The average molecular weight is 267 g/mol. The van der Waals surface area contributed by atoms with Crippen LogP contribution in [0.25, 0.3) is 0 Å². The summed E-state index contributed by atoms with van der Waals surface area (Å²) in [6.07, 6.45) is 6.61. The Balaban J connectivity index is 1.73. The van der Waals surface area contributed by atoms with Crippen LogP contribution in [-0.4, -0.2) is 54.6 Å². The summed E-state index contributed by atoms with van der Waals surface area (Å²) in [6.45, 7) is 13.2. The smallest absolute Gasteiger partial charge is 0.0224 e. The second-order valence-corrected chi connectivity index (χ2v) is 7.44. The Morgan fingerprint density at radius 2 is 2.00 bits per heavy atom. The van der Waals surface area contributed by atoms with Gasteiger partial charge in [0.25, 0.3) is 0 Å². The predicted molar refractivity (Wildman–Crippen MR) is 82.3 cm³/mol. The predicted octanol–water partition coefficient (Wildman–Crippen LogP) is 2.31. The van der Waals surface area contributed by atoms with E-state index in [9.17, 15) is 0 Å². The van der Waals surface area contributed by atoms with Gasteiger partial charge in [-0.05, 0) is 64.1 Å². The van der Waals surface area contributed by atoms with Gasteiger partial charge in [0.2, 0.25) is 0 Å². The SMILES string of the molecule is CC1CN2CCCC2CN1CCCC(C)(C)CCN. The van der Waals surface area contributed by atoms with E-state index >= 15 is 0 Å². The van der Waals surface area contributed by atoms with E-state index in [2.05, 4.69) is 30.6 Å². The molecule has 19 heavy (non-hydrogen) atoms. The lowest BCUT2D eigenvalue weighted by Crippen LogP contribution is -2.55. The fraction of sp³-hybridized carbons (Fsp3) is 1.00. The first-order chi connectivity index (χ1) is 9.02. The van der Waals surface area contributed by atoms with Crippen molar-refractivity contribution >= 4 is 0 Å². The summed E-state index contributed by atoms with van der Waals surface area (Å²) in [5.74, 6) is 0. The van der Waals surface area contributed by atoms with Crippen LogP contribution in [0, 0.1) is 5.41 Å². The Bertz CT molecular complexity index is 277. The highest BCUT2D eigenvalue weighted by molar-refractivity contribution is 4.90. The van der Waals surface area contributed by atoms with E-state index < -0.39 is 0 Å². The van der Waals surface area contributed by atoms with Crippen molar-refractivity contribution in [3.63, 3.8) is 0 Å². The van der Waals surface area contributed by atoms with Crippen LogP contribution in [0.1, 0.15) is 52.9 Å². The van der Waals surface area contributed by atoms with E-state index in [-0.39, 0.29) is 0 Å². The largest absolute Gasteiger partial charge is 0.330 e. The lowest BCUT2D eigenvalue weighted by Gasteiger charge is -2.42. The average Bonchev–Trinajstić information content (AvgIpc) is 2.76. The molecular formula is C16H33N3. The van der Waals surface area contributed by atoms with E-state index in [0.29, 0.717) is 5.41 Å². The zero-order valence-electron chi connectivity index (χ0n) is 13.2. The Kier molecular flexibility index (Phi) is 5.27. The standard InChI is InChI=1S/C16H33N3/c1-14-12-19-10-4-6-15(19)13-18(14)11-5-7-16(2,3)8-9-17/h14-15H,4-13,17H2,1-3H3. The molecule has 0 saturated carbocycles. The van der Waals surface area contributed by atoms with Crippen molar-refractivity contribution in [2.24, 2.45) is 11.1 Å². The van der Waals surface area contributed by atoms with Crippen LogP contribution >= 0.6 is 0 Å². The summed E-state index contributed by atoms with van der Waals surface area (Å²) >= 11 is 0. The van der Waals surface area contributed by atoms with Crippen molar-refractivity contribution in [1.29, 1.82) is 0 Å². The zero-order chi connectivity index (χ0) is 13.9. The lowest BCUT2D eigenvalue weighted by atomic mass is 9.84. The molecule has 2 fully saturated rings. The third-order valence-corrected chi connectivity index (χ3v) is 5.19. The minimum Gasteiger partial charge on any atom is -0.330 e. The minimum atomic E-state index is 0.424. The maximum atomic E-state index is 5.69. The third-order valence-electron chi connectivity index (χ3n) is 5.19. The molecule has 0 aromatic rings. The highest BCUT2D eigenvalue weighted by Gasteiger charge is 2.34. The van der Waals surface area contributed by atoms with Crippen LogP contribution in [0.15, 0.2) is 0 Å². The molecule has 2 unspecified atom stereocenters. The number of nitrogens with two attached hydrogens (primary N) is 1. The highest BCUT2D eigenvalue weighted by Crippen LogP contribution is 2.28. The Hall–Kier alpha value is -0.120. The first kappa shape index (κ1) is 15.3. The Morgan fingerprint density at radius 1 is 1.21 bits per heavy atom. The molecule has 2 aliphatic heterocycles. The van der Waals surface area contributed by atoms with Gasteiger partial charge < -0.3 is 5.73 Å². The van der Waals surface area contributed by atoms with Crippen LogP contribution in [0.2, 0.25) is 0 Å². The molecule has 2 atom stereocenters. The van der Waals surface area contributed by atoms with E-state index in [1.165, 1.54) is 51.9 Å². The van der Waals surface area contributed by atoms with Gasteiger partial charge >= 0.3 is 0 Å². The van der Waals surface area contributed by atoms with Crippen LogP contribution in [0.4, 0.5) is 0 Å². The summed E-state index contributed by atoms with van der Waals surface area (Å²) < 4.78 is 0. The molecular weight excluding hydrogens is 234 g/mol. The van der Waals surface area contributed by atoms with Crippen molar-refractivity contribution < 1.29 is 0 Å². The normalized spacial score (nSPS) is 29.7. The van der Waals surface area contributed by atoms with Gasteiger partial charge in [-0.2, -0.15) is 0 Å². The summed E-state index contributed by atoms with van der Waals surface area (Å²) in [5, 5.41) is 0. The van der Waals surface area contributed by atoms with Crippen LogP contribution in [0.3, 0.4) is 0 Å². The van der Waals surface area contributed by atoms with Crippen molar-refractivity contribution in [2.45, 2.75) is 65.0 Å². The maximum absolute atomic E-state index is 5.69. The Morgan fingerprint density at radius 3 is 2.74 bits per heavy atom. The van der Waals surface area contributed by atoms with E-state index in [4.69, 9.17) is 5.73 Å². The second-order valence-electron chi connectivity index (χ2n) is 7.44. The van der Waals surface area contributed by atoms with Gasteiger partial charge in [-0.3, -0.25) is 9.80 Å². The molecule has 112 valence electrons. The lowest BCUT2D eigenvalue weighted by molar-refractivity contribution is 0.0560. The molecule has 3 heteroatoms. The number of rotatable bonds is 6. The molecule has 2 aliphatic rings. The Labute approximate surface area is 119 Å². The van der Waals surface area contributed by atoms with Crippen molar-refractivity contribution in [2.75, 3.05) is 32.7 Å². The fourth-order valence-corrected chi connectivity index (χ4v) is 3.84. The maximum Gasteiger partial charge on any atom is 0.0224 e. The van der Waals surface area contributed by atoms with Gasteiger partial charge in [-0.25, -0.2) is 0 Å². The summed E-state index contributed by atoms with van der Waals surface area (Å²) in [5.41, 5.74) is 6.12. The molecule has 0 aliphatic carbocycles. The van der Waals surface area contributed by atoms with Crippen LogP contribution in [-0.2, 0) is 0 Å². The molecule has 2 N–H and O–H groups in total. The second kappa shape index (κ2) is 6.55. The summed E-state index contributed by atoms with van der Waals surface area (Å²) in [4.78, 5) is 5.44. The quantitative estimate of drug-likeness (QED) is 0.801. The monoisotopic (exact) mass is 267 g/mol. The fourth-order valence-electron chi connectivity index (χ4n) is 3.84. The molecule has 0 spiro atoms. The molecule has 2 saturated heterocycles. The molecule has 0 aromatic heterocycles. The van der Waals surface area contributed by atoms with Gasteiger partial charge in [0.1, 0.15) is 0 Å². The van der Waals surface area contributed by atoms with Crippen molar-refractivity contribution in [1.82, 2.24) is 9.80 Å². The van der Waals surface area contributed by atoms with E-state index in [0.717, 1.165) is 25.0 Å². The molecule has 2 rings (SSSR count). The topological polar surface area (TPSA) is 32.5 Å². The zero-order valence-corrected chi connectivity index (χ0v) is 13.2. The summed E-state index contributed by atoms with van der Waals surface area (Å²) in [6, 6.07) is 1.60. The number of piperazine rings is 1. The third kappa shape index (κ3) is 4.17. The molecule has 0 radical (unpaired) electrons. The molecule has 0 bridgehead atoms. The van der Waals surface area contributed by atoms with E-state index in [1.54, 1.807) is 0 Å². The first-order valence-corrected chi connectivity index (χ1v) is 8.20. The minimum absolute atomic E-state index is 0.424. The van der Waals surface area contributed by atoms with Crippen molar-refractivity contribution in [3.05, 3.63) is 0 Å². The molecule has 3 nitrogen and oxygen atoms in total. The summed E-state index contributed by atoms with van der Waals surface area (Å²) in [7, 11) is 0. The molecule has 2 heterocycles.